The van der Waals surface area contributed by atoms with Gasteiger partial charge in [-0.05, 0) is 36.1 Å². The third-order valence-electron chi connectivity index (χ3n) is 4.43. The Labute approximate surface area is 147 Å². The quantitative estimate of drug-likeness (QED) is 0.812. The number of fused-ring (bicyclic) bond motifs is 1. The summed E-state index contributed by atoms with van der Waals surface area (Å²) in [5, 5.41) is 13.3. The number of carbonyl (C=O) groups excluding carboxylic acids is 1. The maximum absolute atomic E-state index is 12.4. The van der Waals surface area contributed by atoms with Gasteiger partial charge < -0.3 is 19.9 Å². The Bertz CT molecular complexity index is 717. The van der Waals surface area contributed by atoms with Gasteiger partial charge in [0.25, 0.3) is 0 Å². The Morgan fingerprint density at radius 2 is 1.88 bits per heavy atom. The predicted octanol–water partition coefficient (Wildman–Crippen LogP) is 3.15. The first-order chi connectivity index (χ1) is 12.2. The molecule has 2 aromatic rings. The standard InChI is InChI=1S/C20H23NO4/c1-2-16(14-6-4-3-5-7-14)20(23)21-11-10-17(22)15-8-9-18-19(12-15)25-13-24-18/h3-9,12,16-17,22H,2,10-11,13H2,1H3,(H,21,23). The summed E-state index contributed by atoms with van der Waals surface area (Å²) in [6.45, 7) is 2.62. The number of amides is 1. The fraction of sp³-hybridized carbons (Fsp3) is 0.350. The summed E-state index contributed by atoms with van der Waals surface area (Å²) in [5.74, 6) is 1.17. The van der Waals surface area contributed by atoms with E-state index in [1.165, 1.54) is 0 Å². The number of benzene rings is 2. The Balaban J connectivity index is 1.52. The van der Waals surface area contributed by atoms with Crippen molar-refractivity contribution >= 4 is 5.91 Å². The molecule has 2 unspecified atom stereocenters. The minimum atomic E-state index is -0.661. The van der Waals surface area contributed by atoms with E-state index >= 15 is 0 Å². The van der Waals surface area contributed by atoms with E-state index in [1.54, 1.807) is 12.1 Å². The summed E-state index contributed by atoms with van der Waals surface area (Å²) >= 11 is 0. The molecule has 0 spiro atoms. The van der Waals surface area contributed by atoms with E-state index in [-0.39, 0.29) is 18.6 Å². The second-order valence-corrected chi connectivity index (χ2v) is 6.08. The van der Waals surface area contributed by atoms with Crippen LogP contribution in [0.2, 0.25) is 0 Å². The summed E-state index contributed by atoms with van der Waals surface area (Å²) in [4.78, 5) is 12.4. The molecule has 0 saturated heterocycles. The molecule has 1 amide bonds. The van der Waals surface area contributed by atoms with Gasteiger partial charge in [0.05, 0.1) is 12.0 Å². The smallest absolute Gasteiger partial charge is 0.231 e. The first-order valence-corrected chi connectivity index (χ1v) is 8.59. The van der Waals surface area contributed by atoms with Crippen LogP contribution in [0.15, 0.2) is 48.5 Å². The molecule has 25 heavy (non-hydrogen) atoms. The number of aliphatic hydroxyl groups is 1. The molecule has 0 bridgehead atoms. The van der Waals surface area contributed by atoms with Crippen LogP contribution in [0.4, 0.5) is 0 Å². The lowest BCUT2D eigenvalue weighted by Gasteiger charge is -2.17. The molecule has 2 aromatic carbocycles. The van der Waals surface area contributed by atoms with Crippen molar-refractivity contribution in [3.05, 3.63) is 59.7 Å². The van der Waals surface area contributed by atoms with Gasteiger partial charge in [-0.1, -0.05) is 43.3 Å². The van der Waals surface area contributed by atoms with Crippen molar-refractivity contribution in [3.8, 4) is 11.5 Å². The highest BCUT2D eigenvalue weighted by atomic mass is 16.7. The van der Waals surface area contributed by atoms with Crippen LogP contribution in [0.1, 0.15) is 42.9 Å². The number of nitrogens with one attached hydrogen (secondary N) is 1. The third-order valence-corrected chi connectivity index (χ3v) is 4.43. The number of hydrogen-bond acceptors (Lipinski definition) is 4. The number of hydrogen-bond donors (Lipinski definition) is 2. The van der Waals surface area contributed by atoms with Gasteiger partial charge in [0, 0.05) is 6.54 Å². The Morgan fingerprint density at radius 1 is 1.12 bits per heavy atom. The molecule has 1 aliphatic heterocycles. The molecule has 1 aliphatic rings. The normalized spacial score (nSPS) is 14.8. The minimum Gasteiger partial charge on any atom is -0.454 e. The van der Waals surface area contributed by atoms with Crippen LogP contribution in [-0.2, 0) is 4.79 Å². The van der Waals surface area contributed by atoms with Gasteiger partial charge in [-0.3, -0.25) is 4.79 Å². The minimum absolute atomic E-state index is 0.00779. The highest BCUT2D eigenvalue weighted by Gasteiger charge is 2.19. The van der Waals surface area contributed by atoms with E-state index in [0.717, 1.165) is 17.5 Å². The van der Waals surface area contributed by atoms with Crippen LogP contribution < -0.4 is 14.8 Å². The molecular weight excluding hydrogens is 318 g/mol. The zero-order valence-corrected chi connectivity index (χ0v) is 14.3. The van der Waals surface area contributed by atoms with Gasteiger partial charge in [0.2, 0.25) is 12.7 Å². The topological polar surface area (TPSA) is 67.8 Å². The number of carbonyl (C=O) groups is 1. The molecule has 0 fully saturated rings. The highest BCUT2D eigenvalue weighted by Crippen LogP contribution is 2.34. The molecule has 5 heteroatoms. The summed E-state index contributed by atoms with van der Waals surface area (Å²) < 4.78 is 10.6. The van der Waals surface area contributed by atoms with Crippen molar-refractivity contribution in [2.75, 3.05) is 13.3 Å². The van der Waals surface area contributed by atoms with Crippen LogP contribution in [0.3, 0.4) is 0 Å². The van der Waals surface area contributed by atoms with E-state index in [2.05, 4.69) is 5.32 Å². The zero-order valence-electron chi connectivity index (χ0n) is 14.3. The van der Waals surface area contributed by atoms with Crippen molar-refractivity contribution in [1.82, 2.24) is 5.32 Å². The Kier molecular flexibility index (Phi) is 5.56. The van der Waals surface area contributed by atoms with Gasteiger partial charge in [-0.25, -0.2) is 0 Å². The zero-order chi connectivity index (χ0) is 17.6. The van der Waals surface area contributed by atoms with Crippen LogP contribution in [0.25, 0.3) is 0 Å². The van der Waals surface area contributed by atoms with Crippen molar-refractivity contribution in [1.29, 1.82) is 0 Å². The maximum atomic E-state index is 12.4. The van der Waals surface area contributed by atoms with E-state index in [1.807, 2.05) is 43.3 Å². The molecule has 2 N–H and O–H groups in total. The van der Waals surface area contributed by atoms with Crippen LogP contribution in [0.5, 0.6) is 11.5 Å². The maximum Gasteiger partial charge on any atom is 0.231 e. The average molecular weight is 341 g/mol. The first kappa shape index (κ1) is 17.3. The molecule has 0 aliphatic carbocycles. The summed E-state index contributed by atoms with van der Waals surface area (Å²) in [5.41, 5.74) is 1.77. The van der Waals surface area contributed by atoms with Gasteiger partial charge in [0.1, 0.15) is 0 Å². The molecule has 0 saturated carbocycles. The SMILES string of the molecule is CCC(C(=O)NCCC(O)c1ccc2c(c1)OCO2)c1ccccc1. The van der Waals surface area contributed by atoms with Gasteiger partial charge >= 0.3 is 0 Å². The Hall–Kier alpha value is -2.53. The lowest BCUT2D eigenvalue weighted by atomic mass is 9.95. The monoisotopic (exact) mass is 341 g/mol. The lowest BCUT2D eigenvalue weighted by Crippen LogP contribution is -2.30. The fourth-order valence-electron chi connectivity index (χ4n) is 3.00. The number of ether oxygens (including phenoxy) is 2. The van der Waals surface area contributed by atoms with E-state index in [4.69, 9.17) is 9.47 Å². The summed E-state index contributed by atoms with van der Waals surface area (Å²) in [6, 6.07) is 15.2. The van der Waals surface area contributed by atoms with E-state index < -0.39 is 6.10 Å². The van der Waals surface area contributed by atoms with Gasteiger partial charge in [-0.2, -0.15) is 0 Å². The molecule has 0 radical (unpaired) electrons. The van der Waals surface area contributed by atoms with Gasteiger partial charge in [0.15, 0.2) is 11.5 Å². The molecule has 2 atom stereocenters. The van der Waals surface area contributed by atoms with Crippen molar-refractivity contribution in [2.24, 2.45) is 0 Å². The number of aliphatic hydroxyl groups excluding tert-OH is 1. The van der Waals surface area contributed by atoms with Crippen molar-refractivity contribution in [3.63, 3.8) is 0 Å². The van der Waals surface area contributed by atoms with Crippen molar-refractivity contribution in [2.45, 2.75) is 31.8 Å². The molecule has 132 valence electrons. The van der Waals surface area contributed by atoms with Gasteiger partial charge in [-0.15, -0.1) is 0 Å². The predicted molar refractivity (Wildman–Crippen MR) is 94.6 cm³/mol. The molecular formula is C20H23NO4. The highest BCUT2D eigenvalue weighted by molar-refractivity contribution is 5.83. The van der Waals surface area contributed by atoms with Crippen molar-refractivity contribution < 1.29 is 19.4 Å². The first-order valence-electron chi connectivity index (χ1n) is 8.59. The van der Waals surface area contributed by atoms with E-state index in [9.17, 15) is 9.90 Å². The average Bonchev–Trinajstić information content (AvgIpc) is 3.11. The van der Waals surface area contributed by atoms with Crippen LogP contribution in [-0.4, -0.2) is 24.4 Å². The molecule has 0 aromatic heterocycles. The summed E-state index contributed by atoms with van der Waals surface area (Å²) in [7, 11) is 0. The Morgan fingerprint density at radius 3 is 2.64 bits per heavy atom. The molecule has 1 heterocycles. The second-order valence-electron chi connectivity index (χ2n) is 6.08. The van der Waals surface area contributed by atoms with E-state index in [0.29, 0.717) is 24.5 Å². The second kappa shape index (κ2) is 8.03. The largest absolute Gasteiger partial charge is 0.454 e. The summed E-state index contributed by atoms with van der Waals surface area (Å²) in [6.07, 6.45) is 0.517. The third kappa shape index (κ3) is 4.12. The molecule has 3 rings (SSSR count). The number of rotatable bonds is 7. The van der Waals surface area contributed by atoms with Crippen LogP contribution in [0, 0.1) is 0 Å². The van der Waals surface area contributed by atoms with Crippen LogP contribution >= 0.6 is 0 Å². The molecule has 5 nitrogen and oxygen atoms in total. The fourth-order valence-corrected chi connectivity index (χ4v) is 3.00. The lowest BCUT2D eigenvalue weighted by molar-refractivity contribution is -0.122.